The van der Waals surface area contributed by atoms with Gasteiger partial charge in [0.15, 0.2) is 5.65 Å². The van der Waals surface area contributed by atoms with Gasteiger partial charge in [-0.05, 0) is 74.2 Å². The lowest BCUT2D eigenvalue weighted by molar-refractivity contribution is 0.0302. The second-order valence-electron chi connectivity index (χ2n) is 11.5. The number of ether oxygens (including phenoxy) is 1. The predicted molar refractivity (Wildman–Crippen MR) is 158 cm³/mol. The highest BCUT2D eigenvalue weighted by molar-refractivity contribution is 5.97. The van der Waals surface area contributed by atoms with Crippen LogP contribution in [0.5, 0.6) is 0 Å². The number of likely N-dealkylation sites (N-methyl/N-ethyl adjacent to an activating group) is 1. The van der Waals surface area contributed by atoms with Crippen LogP contribution in [-0.2, 0) is 11.2 Å². The Balaban J connectivity index is 1.21. The molecule has 206 valence electrons. The summed E-state index contributed by atoms with van der Waals surface area (Å²) in [5.74, 6) is 0.0685. The summed E-state index contributed by atoms with van der Waals surface area (Å²) in [5.41, 5.74) is 11.5. The molecule has 2 saturated heterocycles. The Hall–Kier alpha value is -3.75. The van der Waals surface area contributed by atoms with Crippen molar-refractivity contribution in [1.82, 2.24) is 24.8 Å². The van der Waals surface area contributed by atoms with Crippen LogP contribution in [0.2, 0.25) is 0 Å². The van der Waals surface area contributed by atoms with Gasteiger partial charge in [0.1, 0.15) is 5.52 Å². The summed E-state index contributed by atoms with van der Waals surface area (Å²) in [6.45, 7) is 10.0. The number of aromatic nitrogens is 3. The van der Waals surface area contributed by atoms with E-state index in [1.165, 1.54) is 23.2 Å². The number of aryl methyl sites for hydroxylation is 3. The SMILES string of the molecule is Cc1cc(-c2c[nH]c3ncc(-c4cc(C)c5c(c4)CC[C@@H]4CN(C)CCN54)nc23)ccc1C(=O)N1CCOCC1. The number of aromatic amines is 1. The monoisotopic (exact) mass is 536 g/mol. The molecule has 1 N–H and O–H groups in total. The molecule has 2 aromatic carbocycles. The first-order valence-corrected chi connectivity index (χ1v) is 14.4. The fourth-order valence-electron chi connectivity index (χ4n) is 6.73. The van der Waals surface area contributed by atoms with Gasteiger partial charge in [0, 0.05) is 67.3 Å². The van der Waals surface area contributed by atoms with Crippen LogP contribution < -0.4 is 4.90 Å². The maximum atomic E-state index is 13.1. The summed E-state index contributed by atoms with van der Waals surface area (Å²) in [6, 6.07) is 11.3. The molecule has 0 aliphatic carbocycles. The number of hydrogen-bond acceptors (Lipinski definition) is 6. The van der Waals surface area contributed by atoms with Crippen LogP contribution in [0.3, 0.4) is 0 Å². The van der Waals surface area contributed by atoms with E-state index in [2.05, 4.69) is 47.0 Å². The molecule has 7 rings (SSSR count). The number of carbonyl (C=O) groups is 1. The van der Waals surface area contributed by atoms with Crippen LogP contribution in [0.25, 0.3) is 33.5 Å². The molecule has 5 heterocycles. The van der Waals surface area contributed by atoms with E-state index in [1.54, 1.807) is 0 Å². The first-order chi connectivity index (χ1) is 19.5. The van der Waals surface area contributed by atoms with Crippen molar-refractivity contribution in [2.45, 2.75) is 32.7 Å². The Morgan fingerprint density at radius 3 is 2.67 bits per heavy atom. The molecule has 40 heavy (non-hydrogen) atoms. The van der Waals surface area contributed by atoms with Gasteiger partial charge in [-0.1, -0.05) is 12.1 Å². The van der Waals surface area contributed by atoms with Crippen molar-refractivity contribution in [2.24, 2.45) is 0 Å². The number of H-pyrrole nitrogens is 1. The van der Waals surface area contributed by atoms with E-state index < -0.39 is 0 Å². The molecule has 3 aliphatic rings. The van der Waals surface area contributed by atoms with Crippen molar-refractivity contribution in [3.63, 3.8) is 0 Å². The van der Waals surface area contributed by atoms with E-state index in [1.807, 2.05) is 36.4 Å². The quantitative estimate of drug-likeness (QED) is 0.417. The second-order valence-corrected chi connectivity index (χ2v) is 11.5. The van der Waals surface area contributed by atoms with Gasteiger partial charge in [0.05, 0.1) is 25.1 Å². The molecule has 1 amide bonds. The standard InChI is InChI=1S/C32H36N6O2/c1-20-14-22(5-7-26(20)32(39)37-10-12-40-13-11-37)27-17-33-31-29(27)35-28(18-34-31)24-15-21(2)30-23(16-24)4-6-25-19-36(3)8-9-38(25)30/h5,7,14-18,25H,4,6,8-13,19H2,1-3H3,(H,33,34)/t25-/m1/s1. The summed E-state index contributed by atoms with van der Waals surface area (Å²) >= 11 is 0. The summed E-state index contributed by atoms with van der Waals surface area (Å²) in [7, 11) is 2.23. The first-order valence-electron chi connectivity index (χ1n) is 14.4. The number of morpholine rings is 1. The molecule has 4 aromatic rings. The zero-order chi connectivity index (χ0) is 27.4. The van der Waals surface area contributed by atoms with Gasteiger partial charge < -0.3 is 24.4 Å². The fourth-order valence-corrected chi connectivity index (χ4v) is 6.73. The van der Waals surface area contributed by atoms with Gasteiger partial charge >= 0.3 is 0 Å². The molecule has 0 spiro atoms. The molecule has 3 aliphatic heterocycles. The van der Waals surface area contributed by atoms with Crippen molar-refractivity contribution in [1.29, 1.82) is 0 Å². The van der Waals surface area contributed by atoms with Crippen molar-refractivity contribution >= 4 is 22.8 Å². The molecule has 0 bridgehead atoms. The second kappa shape index (κ2) is 10.0. The third kappa shape index (κ3) is 4.35. The van der Waals surface area contributed by atoms with E-state index in [4.69, 9.17) is 14.7 Å². The molecule has 8 heteroatoms. The molecular formula is C32H36N6O2. The Labute approximate surface area is 235 Å². The number of benzene rings is 2. The van der Waals surface area contributed by atoms with Crippen LogP contribution in [0.4, 0.5) is 5.69 Å². The number of hydrogen-bond donors (Lipinski definition) is 1. The van der Waals surface area contributed by atoms with Gasteiger partial charge in [-0.25, -0.2) is 9.97 Å². The minimum absolute atomic E-state index is 0.0685. The maximum Gasteiger partial charge on any atom is 0.254 e. The van der Waals surface area contributed by atoms with Crippen molar-refractivity contribution < 1.29 is 9.53 Å². The summed E-state index contributed by atoms with van der Waals surface area (Å²) in [4.78, 5) is 33.2. The van der Waals surface area contributed by atoms with Gasteiger partial charge in [-0.3, -0.25) is 4.79 Å². The lowest BCUT2D eigenvalue weighted by atomic mass is 9.89. The number of anilines is 1. The van der Waals surface area contributed by atoms with E-state index in [9.17, 15) is 4.79 Å². The topological polar surface area (TPSA) is 77.6 Å². The van der Waals surface area contributed by atoms with Crippen LogP contribution in [0.1, 0.15) is 33.5 Å². The van der Waals surface area contributed by atoms with Gasteiger partial charge in [-0.15, -0.1) is 0 Å². The van der Waals surface area contributed by atoms with Crippen LogP contribution in [0.15, 0.2) is 42.7 Å². The maximum absolute atomic E-state index is 13.1. The largest absolute Gasteiger partial charge is 0.378 e. The Morgan fingerprint density at radius 1 is 1.02 bits per heavy atom. The third-order valence-electron chi connectivity index (χ3n) is 8.84. The van der Waals surface area contributed by atoms with Gasteiger partial charge in [-0.2, -0.15) is 0 Å². The number of carbonyl (C=O) groups excluding carboxylic acids is 1. The molecule has 1 atom stereocenters. The van der Waals surface area contributed by atoms with Crippen molar-refractivity contribution in [3.8, 4) is 22.4 Å². The fraction of sp³-hybridized carbons (Fsp3) is 0.406. The van der Waals surface area contributed by atoms with Gasteiger partial charge in [0.25, 0.3) is 5.91 Å². The highest BCUT2D eigenvalue weighted by Gasteiger charge is 2.32. The Morgan fingerprint density at radius 2 is 1.85 bits per heavy atom. The summed E-state index contributed by atoms with van der Waals surface area (Å²) < 4.78 is 5.41. The van der Waals surface area contributed by atoms with E-state index >= 15 is 0 Å². The number of amides is 1. The van der Waals surface area contributed by atoms with Crippen molar-refractivity contribution in [2.75, 3.05) is 57.9 Å². The Bertz CT molecular complexity index is 1600. The Kier molecular flexibility index (Phi) is 6.32. The lowest BCUT2D eigenvalue weighted by Crippen LogP contribution is -2.54. The molecule has 2 fully saturated rings. The molecule has 0 radical (unpaired) electrons. The minimum Gasteiger partial charge on any atom is -0.378 e. The lowest BCUT2D eigenvalue weighted by Gasteiger charge is -2.46. The van der Waals surface area contributed by atoms with Gasteiger partial charge in [0.2, 0.25) is 0 Å². The normalized spacial score (nSPS) is 19.5. The highest BCUT2D eigenvalue weighted by atomic mass is 16.5. The van der Waals surface area contributed by atoms with Crippen LogP contribution >= 0.6 is 0 Å². The first kappa shape index (κ1) is 25.2. The zero-order valence-electron chi connectivity index (χ0n) is 23.5. The average Bonchev–Trinajstić information content (AvgIpc) is 3.40. The molecule has 8 nitrogen and oxygen atoms in total. The number of nitrogens with zero attached hydrogens (tertiary/aromatic N) is 5. The number of fused-ring (bicyclic) bond motifs is 4. The number of nitrogens with one attached hydrogen (secondary N) is 1. The zero-order valence-corrected chi connectivity index (χ0v) is 23.5. The molecule has 0 saturated carbocycles. The van der Waals surface area contributed by atoms with E-state index in [0.29, 0.717) is 32.3 Å². The van der Waals surface area contributed by atoms with Crippen molar-refractivity contribution in [3.05, 3.63) is 65.0 Å². The predicted octanol–water partition coefficient (Wildman–Crippen LogP) is 4.45. The summed E-state index contributed by atoms with van der Waals surface area (Å²) in [6.07, 6.45) is 6.13. The van der Waals surface area contributed by atoms with E-state index in [-0.39, 0.29) is 5.91 Å². The third-order valence-corrected chi connectivity index (χ3v) is 8.84. The summed E-state index contributed by atoms with van der Waals surface area (Å²) in [5, 5.41) is 0. The average molecular weight is 537 g/mol. The smallest absolute Gasteiger partial charge is 0.254 e. The number of rotatable bonds is 3. The molecule has 0 unspecified atom stereocenters. The minimum atomic E-state index is 0.0685. The molecule has 2 aromatic heterocycles. The van der Waals surface area contributed by atoms with Crippen LogP contribution in [0, 0.1) is 13.8 Å². The molecular weight excluding hydrogens is 500 g/mol. The van der Waals surface area contributed by atoms with E-state index in [0.717, 1.165) is 70.7 Å². The number of piperazine rings is 1. The highest BCUT2D eigenvalue weighted by Crippen LogP contribution is 2.38. The van der Waals surface area contributed by atoms with Crippen LogP contribution in [-0.4, -0.2) is 89.7 Å².